The summed E-state index contributed by atoms with van der Waals surface area (Å²) in [6, 6.07) is 10.4. The van der Waals surface area contributed by atoms with Crippen LogP contribution in [0, 0.1) is 0 Å². The zero-order chi connectivity index (χ0) is 13.7. The molecule has 19 heavy (non-hydrogen) atoms. The highest BCUT2D eigenvalue weighted by atomic mass is 35.5. The largest absolute Gasteiger partial charge is 0.307 e. The minimum absolute atomic E-state index is 0.259. The Morgan fingerprint density at radius 1 is 1.16 bits per heavy atom. The maximum absolute atomic E-state index is 11.6. The minimum atomic E-state index is -0.259. The van der Waals surface area contributed by atoms with Gasteiger partial charge in [-0.1, -0.05) is 35.3 Å². The third-order valence-corrected chi connectivity index (χ3v) is 3.03. The maximum atomic E-state index is 11.6. The first kappa shape index (κ1) is 13.6. The van der Waals surface area contributed by atoms with Crippen LogP contribution >= 0.6 is 23.2 Å². The molecule has 1 amide bonds. The van der Waals surface area contributed by atoms with Gasteiger partial charge >= 0.3 is 0 Å². The molecule has 3 nitrogen and oxygen atoms in total. The third-order valence-electron chi connectivity index (χ3n) is 2.29. The summed E-state index contributed by atoms with van der Waals surface area (Å²) >= 11 is 11.7. The average molecular weight is 293 g/mol. The van der Waals surface area contributed by atoms with Gasteiger partial charge in [-0.05, 0) is 35.9 Å². The summed E-state index contributed by atoms with van der Waals surface area (Å²) in [7, 11) is 0. The summed E-state index contributed by atoms with van der Waals surface area (Å²) in [6.45, 7) is 0. The lowest BCUT2D eigenvalue weighted by molar-refractivity contribution is -0.111. The predicted octanol–water partition coefficient (Wildman–Crippen LogP) is 4.04. The highest BCUT2D eigenvalue weighted by molar-refractivity contribution is 6.42. The number of halogens is 2. The summed E-state index contributed by atoms with van der Waals surface area (Å²) in [4.78, 5) is 15.6. The standard InChI is InChI=1S/C14H10Cl2N2O/c15-11-6-4-10(9-12(11)16)5-7-14(19)18-13-3-1-2-8-17-13/h1-9H,(H,17,18,19)/b7-5+. The Bertz CT molecular complexity index is 612. The Balaban J connectivity index is 2.02. The van der Waals surface area contributed by atoms with E-state index in [0.717, 1.165) is 5.56 Å². The molecule has 0 saturated carbocycles. The molecule has 0 atom stereocenters. The van der Waals surface area contributed by atoms with Crippen molar-refractivity contribution in [1.82, 2.24) is 4.98 Å². The monoisotopic (exact) mass is 292 g/mol. The van der Waals surface area contributed by atoms with Crippen molar-refractivity contribution in [3.05, 3.63) is 64.3 Å². The minimum Gasteiger partial charge on any atom is -0.307 e. The zero-order valence-electron chi connectivity index (χ0n) is 9.81. The van der Waals surface area contributed by atoms with Gasteiger partial charge < -0.3 is 5.32 Å². The Hall–Kier alpha value is -1.84. The zero-order valence-corrected chi connectivity index (χ0v) is 11.3. The molecule has 0 unspecified atom stereocenters. The van der Waals surface area contributed by atoms with Crippen LogP contribution in [0.2, 0.25) is 10.0 Å². The number of nitrogens with zero attached hydrogens (tertiary/aromatic N) is 1. The normalized spacial score (nSPS) is 10.6. The summed E-state index contributed by atoms with van der Waals surface area (Å²) < 4.78 is 0. The van der Waals surface area contributed by atoms with Crippen LogP contribution in [0.1, 0.15) is 5.56 Å². The van der Waals surface area contributed by atoms with E-state index >= 15 is 0 Å². The van der Waals surface area contributed by atoms with Crippen molar-refractivity contribution < 1.29 is 4.79 Å². The lowest BCUT2D eigenvalue weighted by atomic mass is 10.2. The van der Waals surface area contributed by atoms with Gasteiger partial charge in [-0.3, -0.25) is 4.79 Å². The van der Waals surface area contributed by atoms with Gasteiger partial charge in [-0.2, -0.15) is 0 Å². The molecule has 2 aromatic rings. The van der Waals surface area contributed by atoms with E-state index in [-0.39, 0.29) is 5.91 Å². The van der Waals surface area contributed by atoms with Crippen molar-refractivity contribution in [3.8, 4) is 0 Å². The van der Waals surface area contributed by atoms with Crippen LogP contribution < -0.4 is 5.32 Å². The van der Waals surface area contributed by atoms with E-state index in [0.29, 0.717) is 15.9 Å². The molecule has 96 valence electrons. The van der Waals surface area contributed by atoms with Crippen LogP contribution in [0.25, 0.3) is 6.08 Å². The fourth-order valence-corrected chi connectivity index (χ4v) is 1.70. The molecule has 0 spiro atoms. The lowest BCUT2D eigenvalue weighted by Gasteiger charge is -2.00. The second-order valence-corrected chi connectivity index (χ2v) is 4.53. The Morgan fingerprint density at radius 2 is 2.00 bits per heavy atom. The third kappa shape index (κ3) is 4.09. The van der Waals surface area contributed by atoms with E-state index in [1.54, 1.807) is 48.7 Å². The highest BCUT2D eigenvalue weighted by Crippen LogP contribution is 2.23. The highest BCUT2D eigenvalue weighted by Gasteiger charge is 1.99. The molecule has 0 bridgehead atoms. The van der Waals surface area contributed by atoms with Gasteiger partial charge in [0.05, 0.1) is 10.0 Å². The van der Waals surface area contributed by atoms with E-state index in [2.05, 4.69) is 10.3 Å². The van der Waals surface area contributed by atoms with Crippen LogP contribution in [0.15, 0.2) is 48.7 Å². The van der Waals surface area contributed by atoms with Crippen LogP contribution in [0.4, 0.5) is 5.82 Å². The molecule has 0 radical (unpaired) electrons. The second kappa shape index (κ2) is 6.36. The molecule has 1 heterocycles. The van der Waals surface area contributed by atoms with E-state index in [1.165, 1.54) is 6.08 Å². The molecule has 0 saturated heterocycles. The molecule has 5 heteroatoms. The number of benzene rings is 1. The fourth-order valence-electron chi connectivity index (χ4n) is 1.39. The van der Waals surface area contributed by atoms with E-state index in [1.807, 2.05) is 0 Å². The van der Waals surface area contributed by atoms with Crippen molar-refractivity contribution >= 4 is 41.0 Å². The molecule has 1 N–H and O–H groups in total. The molecular formula is C14H10Cl2N2O. The average Bonchev–Trinajstić information content (AvgIpc) is 2.41. The Kier molecular flexibility index (Phi) is 4.55. The molecule has 0 aliphatic rings. The first-order chi connectivity index (χ1) is 9.15. The Labute approximate surface area is 120 Å². The van der Waals surface area contributed by atoms with Gasteiger partial charge in [0.2, 0.25) is 5.91 Å². The maximum Gasteiger partial charge on any atom is 0.249 e. The first-order valence-corrected chi connectivity index (χ1v) is 6.26. The van der Waals surface area contributed by atoms with Crippen molar-refractivity contribution in [2.75, 3.05) is 5.32 Å². The SMILES string of the molecule is O=C(/C=C/c1ccc(Cl)c(Cl)c1)Nc1ccccn1. The van der Waals surface area contributed by atoms with Crippen LogP contribution in [-0.2, 0) is 4.79 Å². The number of hydrogen-bond donors (Lipinski definition) is 1. The number of aromatic nitrogens is 1. The summed E-state index contributed by atoms with van der Waals surface area (Å²) in [5, 5.41) is 3.58. The molecular weight excluding hydrogens is 283 g/mol. The number of carbonyl (C=O) groups is 1. The van der Waals surface area contributed by atoms with E-state index in [4.69, 9.17) is 23.2 Å². The number of rotatable bonds is 3. The molecule has 0 fully saturated rings. The molecule has 0 aliphatic carbocycles. The predicted molar refractivity (Wildman–Crippen MR) is 78.4 cm³/mol. The quantitative estimate of drug-likeness (QED) is 0.868. The van der Waals surface area contributed by atoms with Gasteiger partial charge in [0.25, 0.3) is 0 Å². The summed E-state index contributed by atoms with van der Waals surface area (Å²) in [6.07, 6.45) is 4.67. The van der Waals surface area contributed by atoms with Crippen LogP contribution in [0.3, 0.4) is 0 Å². The number of hydrogen-bond acceptors (Lipinski definition) is 2. The number of anilines is 1. The molecule has 1 aromatic carbocycles. The smallest absolute Gasteiger partial charge is 0.249 e. The van der Waals surface area contributed by atoms with Gasteiger partial charge in [-0.15, -0.1) is 0 Å². The second-order valence-electron chi connectivity index (χ2n) is 3.71. The van der Waals surface area contributed by atoms with Crippen molar-refractivity contribution in [2.24, 2.45) is 0 Å². The fraction of sp³-hybridized carbons (Fsp3) is 0. The van der Waals surface area contributed by atoms with Crippen LogP contribution in [0.5, 0.6) is 0 Å². The first-order valence-electron chi connectivity index (χ1n) is 5.50. The van der Waals surface area contributed by atoms with Crippen LogP contribution in [-0.4, -0.2) is 10.9 Å². The van der Waals surface area contributed by atoms with E-state index in [9.17, 15) is 4.79 Å². The van der Waals surface area contributed by atoms with Crippen molar-refractivity contribution in [3.63, 3.8) is 0 Å². The van der Waals surface area contributed by atoms with Crippen molar-refractivity contribution in [2.45, 2.75) is 0 Å². The number of carbonyl (C=O) groups excluding carboxylic acids is 1. The van der Waals surface area contributed by atoms with Gasteiger partial charge in [-0.25, -0.2) is 4.98 Å². The summed E-state index contributed by atoms with van der Waals surface area (Å²) in [5.41, 5.74) is 0.797. The number of amides is 1. The van der Waals surface area contributed by atoms with E-state index < -0.39 is 0 Å². The van der Waals surface area contributed by atoms with Gasteiger partial charge in [0, 0.05) is 12.3 Å². The van der Waals surface area contributed by atoms with Crippen molar-refractivity contribution in [1.29, 1.82) is 0 Å². The topological polar surface area (TPSA) is 42.0 Å². The number of pyridine rings is 1. The lowest BCUT2D eigenvalue weighted by Crippen LogP contribution is -2.08. The molecule has 2 rings (SSSR count). The van der Waals surface area contributed by atoms with Gasteiger partial charge in [0.15, 0.2) is 0 Å². The summed E-state index contributed by atoms with van der Waals surface area (Å²) in [5.74, 6) is 0.246. The van der Waals surface area contributed by atoms with Gasteiger partial charge in [0.1, 0.15) is 5.82 Å². The Morgan fingerprint density at radius 3 is 2.68 bits per heavy atom. The molecule has 1 aromatic heterocycles. The molecule has 0 aliphatic heterocycles. The number of nitrogens with one attached hydrogen (secondary N) is 1.